The monoisotopic (exact) mass is 326 g/mol. The highest BCUT2D eigenvalue weighted by atomic mass is 79.9. The molecule has 4 nitrogen and oxygen atoms in total. The van der Waals surface area contributed by atoms with Crippen LogP contribution in [0.3, 0.4) is 0 Å². The fourth-order valence-electron chi connectivity index (χ4n) is 2.29. The van der Waals surface area contributed by atoms with Crippen molar-refractivity contribution in [2.75, 3.05) is 20.2 Å². The lowest BCUT2D eigenvalue weighted by Gasteiger charge is -2.38. The van der Waals surface area contributed by atoms with Gasteiger partial charge in [-0.15, -0.1) is 0 Å². The first kappa shape index (κ1) is 14.3. The molecular weight excluding hydrogens is 308 g/mol. The van der Waals surface area contributed by atoms with Gasteiger partial charge in [0.25, 0.3) is 5.91 Å². The lowest BCUT2D eigenvalue weighted by molar-refractivity contribution is 0.0601. The summed E-state index contributed by atoms with van der Waals surface area (Å²) in [6, 6.07) is 5.96. The Morgan fingerprint density at radius 1 is 1.47 bits per heavy atom. The summed E-state index contributed by atoms with van der Waals surface area (Å²) in [5.41, 5.74) is 0.653. The summed E-state index contributed by atoms with van der Waals surface area (Å²) in [6.07, 6.45) is 0. The zero-order valence-electron chi connectivity index (χ0n) is 11.4. The number of carbonyl (C=O) groups excluding carboxylic acids is 1. The van der Waals surface area contributed by atoms with Crippen LogP contribution in [0.4, 0.5) is 0 Å². The number of carbonyl (C=O) groups is 1. The van der Waals surface area contributed by atoms with Crippen LogP contribution in [0.25, 0.3) is 0 Å². The molecule has 104 valence electrons. The molecule has 1 heterocycles. The number of hydrogen-bond donors (Lipinski definition) is 1. The van der Waals surface area contributed by atoms with Crippen LogP contribution in [0.15, 0.2) is 22.7 Å². The van der Waals surface area contributed by atoms with Gasteiger partial charge in [0.15, 0.2) is 0 Å². The Morgan fingerprint density at radius 3 is 2.89 bits per heavy atom. The number of benzene rings is 1. The maximum Gasteiger partial charge on any atom is 0.255 e. The van der Waals surface area contributed by atoms with Crippen molar-refractivity contribution in [2.24, 2.45) is 0 Å². The fourth-order valence-corrected chi connectivity index (χ4v) is 2.71. The number of methoxy groups -OCH3 is 1. The van der Waals surface area contributed by atoms with Crippen molar-refractivity contribution >= 4 is 21.8 Å². The lowest BCUT2D eigenvalue weighted by Crippen LogP contribution is -2.57. The molecule has 1 aliphatic heterocycles. The van der Waals surface area contributed by atoms with Crippen LogP contribution in [-0.4, -0.2) is 43.1 Å². The normalized spacial score (nSPS) is 23.3. The molecular formula is C14H19BrN2O2. The van der Waals surface area contributed by atoms with Crippen molar-refractivity contribution in [3.63, 3.8) is 0 Å². The summed E-state index contributed by atoms with van der Waals surface area (Å²) in [5, 5.41) is 3.37. The minimum atomic E-state index is 0.0478. The Balaban J connectivity index is 2.28. The second kappa shape index (κ2) is 5.92. The zero-order chi connectivity index (χ0) is 14.0. The standard InChI is InChI=1S/C14H19BrN2O2/c1-9-10(2)17(7-6-16-9)14(18)12-8-11(19-3)4-5-13(12)15/h4-5,8-10,16H,6-7H2,1-3H3. The van der Waals surface area contributed by atoms with E-state index < -0.39 is 0 Å². The molecule has 0 radical (unpaired) electrons. The van der Waals surface area contributed by atoms with Gasteiger partial charge in [0.05, 0.1) is 12.7 Å². The van der Waals surface area contributed by atoms with E-state index in [4.69, 9.17) is 4.74 Å². The van der Waals surface area contributed by atoms with E-state index in [0.717, 1.165) is 17.6 Å². The van der Waals surface area contributed by atoms with Gasteiger partial charge >= 0.3 is 0 Å². The van der Waals surface area contributed by atoms with E-state index in [1.807, 2.05) is 17.0 Å². The minimum absolute atomic E-state index is 0.0478. The molecule has 1 saturated heterocycles. The van der Waals surface area contributed by atoms with Gasteiger partial charge in [0.1, 0.15) is 5.75 Å². The van der Waals surface area contributed by atoms with E-state index >= 15 is 0 Å². The molecule has 0 saturated carbocycles. The first-order valence-corrected chi connectivity index (χ1v) is 7.21. The van der Waals surface area contributed by atoms with Gasteiger partial charge in [0.2, 0.25) is 0 Å². The molecule has 1 aromatic carbocycles. The first-order valence-electron chi connectivity index (χ1n) is 6.42. The van der Waals surface area contributed by atoms with Crippen LogP contribution in [0.1, 0.15) is 24.2 Å². The minimum Gasteiger partial charge on any atom is -0.497 e. The van der Waals surface area contributed by atoms with Crippen LogP contribution < -0.4 is 10.1 Å². The van der Waals surface area contributed by atoms with Gasteiger partial charge in [-0.2, -0.15) is 0 Å². The Labute approximate surface area is 122 Å². The maximum atomic E-state index is 12.7. The summed E-state index contributed by atoms with van der Waals surface area (Å²) >= 11 is 3.44. The van der Waals surface area contributed by atoms with Crippen LogP contribution in [0.5, 0.6) is 5.75 Å². The number of rotatable bonds is 2. The number of ether oxygens (including phenoxy) is 1. The predicted molar refractivity (Wildman–Crippen MR) is 78.7 cm³/mol. The second-order valence-corrected chi connectivity index (χ2v) is 5.68. The van der Waals surface area contributed by atoms with Gasteiger partial charge in [-0.1, -0.05) is 0 Å². The molecule has 5 heteroatoms. The maximum absolute atomic E-state index is 12.7. The second-order valence-electron chi connectivity index (χ2n) is 4.83. The number of nitrogens with one attached hydrogen (secondary N) is 1. The third kappa shape index (κ3) is 2.92. The van der Waals surface area contributed by atoms with E-state index in [9.17, 15) is 4.79 Å². The Hall–Kier alpha value is -1.07. The van der Waals surface area contributed by atoms with Gasteiger partial charge in [-0.25, -0.2) is 0 Å². The summed E-state index contributed by atoms with van der Waals surface area (Å²) in [6.45, 7) is 5.74. The van der Waals surface area contributed by atoms with Crippen LogP contribution in [0.2, 0.25) is 0 Å². The predicted octanol–water partition coefficient (Wildman–Crippen LogP) is 2.28. The number of hydrogen-bond acceptors (Lipinski definition) is 3. The Kier molecular flexibility index (Phi) is 4.47. The summed E-state index contributed by atoms with van der Waals surface area (Å²) in [4.78, 5) is 14.6. The van der Waals surface area contributed by atoms with Crippen molar-refractivity contribution in [1.29, 1.82) is 0 Å². The number of amides is 1. The van der Waals surface area contributed by atoms with Crippen molar-refractivity contribution in [2.45, 2.75) is 25.9 Å². The molecule has 19 heavy (non-hydrogen) atoms. The third-order valence-corrected chi connectivity index (χ3v) is 4.39. The Morgan fingerprint density at radius 2 is 2.21 bits per heavy atom. The van der Waals surface area contributed by atoms with E-state index in [-0.39, 0.29) is 11.9 Å². The van der Waals surface area contributed by atoms with E-state index in [1.54, 1.807) is 13.2 Å². The molecule has 0 aromatic heterocycles. The molecule has 1 amide bonds. The number of piperazine rings is 1. The highest BCUT2D eigenvalue weighted by Gasteiger charge is 2.29. The largest absolute Gasteiger partial charge is 0.497 e. The molecule has 1 fully saturated rings. The topological polar surface area (TPSA) is 41.6 Å². The van der Waals surface area contributed by atoms with Crippen LogP contribution >= 0.6 is 15.9 Å². The van der Waals surface area contributed by atoms with Crippen LogP contribution in [-0.2, 0) is 0 Å². The van der Waals surface area contributed by atoms with Gasteiger partial charge < -0.3 is 15.0 Å². The summed E-state index contributed by atoms with van der Waals surface area (Å²) < 4.78 is 5.99. The molecule has 0 bridgehead atoms. The average molecular weight is 327 g/mol. The Bertz CT molecular complexity index is 479. The van der Waals surface area contributed by atoms with Crippen molar-refractivity contribution in [3.8, 4) is 5.75 Å². The highest BCUT2D eigenvalue weighted by Crippen LogP contribution is 2.25. The lowest BCUT2D eigenvalue weighted by atomic mass is 10.1. The number of nitrogens with zero attached hydrogens (tertiary/aromatic N) is 1. The SMILES string of the molecule is COc1ccc(Br)c(C(=O)N2CCNC(C)C2C)c1. The van der Waals surface area contributed by atoms with E-state index in [1.165, 1.54) is 0 Å². The molecule has 2 atom stereocenters. The zero-order valence-corrected chi connectivity index (χ0v) is 13.0. The average Bonchev–Trinajstić information content (AvgIpc) is 2.42. The highest BCUT2D eigenvalue weighted by molar-refractivity contribution is 9.10. The van der Waals surface area contributed by atoms with Gasteiger partial charge in [-0.05, 0) is 48.0 Å². The molecule has 0 spiro atoms. The van der Waals surface area contributed by atoms with Gasteiger partial charge in [-0.3, -0.25) is 4.79 Å². The quantitative estimate of drug-likeness (QED) is 0.906. The molecule has 0 aliphatic carbocycles. The van der Waals surface area contributed by atoms with Crippen molar-refractivity contribution < 1.29 is 9.53 Å². The molecule has 1 aromatic rings. The summed E-state index contributed by atoms with van der Waals surface area (Å²) in [7, 11) is 1.60. The fraction of sp³-hybridized carbons (Fsp3) is 0.500. The van der Waals surface area contributed by atoms with E-state index in [2.05, 4.69) is 35.1 Å². The molecule has 1 N–H and O–H groups in total. The summed E-state index contributed by atoms with van der Waals surface area (Å²) in [5.74, 6) is 0.744. The van der Waals surface area contributed by atoms with Gasteiger partial charge in [0, 0.05) is 29.6 Å². The molecule has 2 rings (SSSR count). The third-order valence-electron chi connectivity index (χ3n) is 3.70. The molecule has 2 unspecified atom stereocenters. The molecule has 1 aliphatic rings. The smallest absolute Gasteiger partial charge is 0.255 e. The van der Waals surface area contributed by atoms with Crippen molar-refractivity contribution in [1.82, 2.24) is 10.2 Å². The number of halogens is 1. The first-order chi connectivity index (χ1) is 9.04. The van der Waals surface area contributed by atoms with E-state index in [0.29, 0.717) is 17.4 Å². The van der Waals surface area contributed by atoms with Crippen molar-refractivity contribution in [3.05, 3.63) is 28.2 Å². The van der Waals surface area contributed by atoms with Crippen LogP contribution in [0, 0.1) is 0 Å².